The van der Waals surface area contributed by atoms with E-state index in [1.54, 1.807) is 0 Å². The Balaban J connectivity index is 1.73. The summed E-state index contributed by atoms with van der Waals surface area (Å²) < 4.78 is 0. The minimum Gasteiger partial charge on any atom is -0.383 e. The lowest BCUT2D eigenvalue weighted by molar-refractivity contribution is 0.476. The highest BCUT2D eigenvalue weighted by atomic mass is 32.1. The van der Waals surface area contributed by atoms with Gasteiger partial charge >= 0.3 is 0 Å². The Labute approximate surface area is 256 Å². The molecule has 1 saturated heterocycles. The standard InChI is InChI=1S/C35H57N5S/c1-8-9-10-11-12-13-14-30-25-39(33-19-15-31(16-20-33)36-28(6)23-26(2)3)38-40(35(30)41)34-21-17-32(18-22-34)37-29(7)24-27(4)5/h15-22,26-30,36-38H,8-14,23-25H2,1-7H3/t28?,29?,30-/m0/s1. The van der Waals surface area contributed by atoms with Gasteiger partial charge in [-0.1, -0.05) is 85.4 Å². The quantitative estimate of drug-likeness (QED) is 0.128. The lowest BCUT2D eigenvalue weighted by Gasteiger charge is -2.43. The maximum atomic E-state index is 6.12. The molecule has 0 radical (unpaired) electrons. The summed E-state index contributed by atoms with van der Waals surface area (Å²) in [6, 6.07) is 18.4. The van der Waals surface area contributed by atoms with E-state index in [0.717, 1.165) is 47.9 Å². The molecule has 3 rings (SSSR count). The van der Waals surface area contributed by atoms with E-state index in [1.807, 2.05) is 0 Å². The first kappa shape index (κ1) is 33.2. The Hall–Kier alpha value is -2.31. The second-order valence-corrected chi connectivity index (χ2v) is 13.5. The van der Waals surface area contributed by atoms with Gasteiger partial charge in [0.05, 0.1) is 11.4 Å². The summed E-state index contributed by atoms with van der Waals surface area (Å²) in [6.45, 7) is 16.8. The molecule has 2 aromatic carbocycles. The average molecular weight is 580 g/mol. The second-order valence-electron chi connectivity index (χ2n) is 13.1. The van der Waals surface area contributed by atoms with Crippen LogP contribution in [0.1, 0.15) is 106 Å². The van der Waals surface area contributed by atoms with E-state index >= 15 is 0 Å². The van der Waals surface area contributed by atoms with Crippen molar-refractivity contribution in [2.45, 2.75) is 118 Å². The zero-order chi connectivity index (χ0) is 29.8. The number of nitrogens with one attached hydrogen (secondary N) is 3. The maximum Gasteiger partial charge on any atom is 0.104 e. The van der Waals surface area contributed by atoms with Crippen LogP contribution >= 0.6 is 12.2 Å². The molecule has 2 aromatic rings. The third kappa shape index (κ3) is 11.1. The molecule has 1 aliphatic rings. The number of thiocarbonyl (C=S) groups is 1. The summed E-state index contributed by atoms with van der Waals surface area (Å²) in [5, 5.41) is 11.7. The molecule has 3 N–H and O–H groups in total. The SMILES string of the molecule is CCCCCCCC[C@H]1CN(c2ccc(NC(C)CC(C)C)cc2)NN(c2ccc(NC(C)CC(C)C)cc2)C1=S. The molecule has 1 heterocycles. The minimum atomic E-state index is 0.324. The number of hydrogen-bond donors (Lipinski definition) is 3. The van der Waals surface area contributed by atoms with Gasteiger partial charge in [0.25, 0.3) is 0 Å². The molecular weight excluding hydrogens is 522 g/mol. The summed E-state index contributed by atoms with van der Waals surface area (Å²) in [5.41, 5.74) is 8.20. The number of benzene rings is 2. The van der Waals surface area contributed by atoms with Gasteiger partial charge in [-0.2, -0.15) is 0 Å². The van der Waals surface area contributed by atoms with Crippen LogP contribution < -0.4 is 26.2 Å². The van der Waals surface area contributed by atoms with E-state index in [9.17, 15) is 0 Å². The van der Waals surface area contributed by atoms with Crippen LogP contribution in [-0.4, -0.2) is 23.6 Å². The molecule has 41 heavy (non-hydrogen) atoms. The third-order valence-corrected chi connectivity index (χ3v) is 8.40. The van der Waals surface area contributed by atoms with E-state index in [1.165, 1.54) is 44.2 Å². The first-order valence-corrected chi connectivity index (χ1v) is 16.7. The third-order valence-electron chi connectivity index (χ3n) is 7.88. The Morgan fingerprint density at radius 2 is 1.22 bits per heavy atom. The lowest BCUT2D eigenvalue weighted by Crippen LogP contribution is -2.61. The van der Waals surface area contributed by atoms with Crippen molar-refractivity contribution < 1.29 is 0 Å². The molecule has 228 valence electrons. The fourth-order valence-corrected chi connectivity index (χ4v) is 6.31. The Morgan fingerprint density at radius 1 is 0.732 bits per heavy atom. The van der Waals surface area contributed by atoms with Crippen molar-refractivity contribution in [2.75, 3.05) is 27.2 Å². The van der Waals surface area contributed by atoms with Gasteiger partial charge in [-0.3, -0.25) is 10.0 Å². The van der Waals surface area contributed by atoms with Crippen LogP contribution in [0.4, 0.5) is 22.7 Å². The molecule has 0 amide bonds. The fourth-order valence-electron chi connectivity index (χ4n) is 5.97. The molecule has 6 heteroatoms. The molecule has 0 aromatic heterocycles. The number of unbranched alkanes of at least 4 members (excludes halogenated alkanes) is 5. The predicted molar refractivity (Wildman–Crippen MR) is 185 cm³/mol. The summed E-state index contributed by atoms with van der Waals surface area (Å²) in [6.07, 6.45) is 11.3. The zero-order valence-corrected chi connectivity index (χ0v) is 27.7. The van der Waals surface area contributed by atoms with Crippen LogP contribution in [-0.2, 0) is 0 Å². The van der Waals surface area contributed by atoms with E-state index < -0.39 is 0 Å². The highest BCUT2D eigenvalue weighted by molar-refractivity contribution is 7.80. The van der Waals surface area contributed by atoms with E-state index in [0.29, 0.717) is 29.8 Å². The van der Waals surface area contributed by atoms with Crippen molar-refractivity contribution in [3.05, 3.63) is 48.5 Å². The predicted octanol–water partition coefficient (Wildman–Crippen LogP) is 9.82. The van der Waals surface area contributed by atoms with E-state index in [2.05, 4.69) is 123 Å². The number of hydrazine groups is 2. The molecular formula is C35H57N5S. The monoisotopic (exact) mass is 579 g/mol. The average Bonchev–Trinajstić information content (AvgIpc) is 2.91. The largest absolute Gasteiger partial charge is 0.383 e. The molecule has 5 nitrogen and oxygen atoms in total. The smallest absolute Gasteiger partial charge is 0.104 e. The van der Waals surface area contributed by atoms with Crippen molar-refractivity contribution in [3.8, 4) is 0 Å². The fraction of sp³-hybridized carbons (Fsp3) is 0.629. The van der Waals surface area contributed by atoms with Crippen LogP contribution in [0.2, 0.25) is 0 Å². The second kappa shape index (κ2) is 17.0. The normalized spacial score (nSPS) is 17.3. The van der Waals surface area contributed by atoms with Crippen molar-refractivity contribution in [1.29, 1.82) is 0 Å². The van der Waals surface area contributed by atoms with Crippen LogP contribution in [0.15, 0.2) is 48.5 Å². The van der Waals surface area contributed by atoms with E-state index in [-0.39, 0.29) is 0 Å². The number of hydrogen-bond acceptors (Lipinski definition) is 5. The molecule has 3 atom stereocenters. The van der Waals surface area contributed by atoms with Crippen LogP contribution in [0.5, 0.6) is 0 Å². The number of nitrogens with zero attached hydrogens (tertiary/aromatic N) is 2. The minimum absolute atomic E-state index is 0.324. The van der Waals surface area contributed by atoms with Gasteiger partial charge in [0.15, 0.2) is 0 Å². The summed E-state index contributed by atoms with van der Waals surface area (Å²) >= 11 is 6.12. The first-order valence-electron chi connectivity index (χ1n) is 16.3. The van der Waals surface area contributed by atoms with E-state index in [4.69, 9.17) is 12.2 Å². The molecule has 1 fully saturated rings. The van der Waals surface area contributed by atoms with Crippen molar-refractivity contribution in [3.63, 3.8) is 0 Å². The lowest BCUT2D eigenvalue weighted by atomic mass is 9.98. The van der Waals surface area contributed by atoms with Crippen molar-refractivity contribution in [2.24, 2.45) is 17.8 Å². The van der Waals surface area contributed by atoms with Gasteiger partial charge in [-0.15, -0.1) is 5.53 Å². The molecule has 1 aliphatic heterocycles. The molecule has 0 spiro atoms. The zero-order valence-electron chi connectivity index (χ0n) is 26.9. The Morgan fingerprint density at radius 3 is 1.73 bits per heavy atom. The topological polar surface area (TPSA) is 42.6 Å². The maximum absolute atomic E-state index is 6.12. The molecule has 0 aliphatic carbocycles. The Bertz CT molecular complexity index is 1020. The van der Waals surface area contributed by atoms with Crippen LogP contribution in [0, 0.1) is 17.8 Å². The first-order chi connectivity index (χ1) is 19.7. The van der Waals surface area contributed by atoms with Gasteiger partial charge in [-0.25, -0.2) is 0 Å². The van der Waals surface area contributed by atoms with Gasteiger partial charge in [-0.05, 0) is 93.5 Å². The summed E-state index contributed by atoms with van der Waals surface area (Å²) in [7, 11) is 0. The van der Waals surface area contributed by atoms with Crippen LogP contribution in [0.25, 0.3) is 0 Å². The summed E-state index contributed by atoms with van der Waals surface area (Å²) in [4.78, 5) is 0.990. The highest BCUT2D eigenvalue weighted by Gasteiger charge is 2.31. The van der Waals surface area contributed by atoms with Gasteiger partial charge < -0.3 is 10.6 Å². The molecule has 2 unspecified atom stereocenters. The van der Waals surface area contributed by atoms with Gasteiger partial charge in [0.1, 0.15) is 4.99 Å². The molecule has 0 bridgehead atoms. The number of anilines is 4. The number of rotatable bonds is 17. The Kier molecular flexibility index (Phi) is 13.7. The van der Waals surface area contributed by atoms with Crippen molar-refractivity contribution >= 4 is 40.0 Å². The van der Waals surface area contributed by atoms with Gasteiger partial charge in [0, 0.05) is 35.9 Å². The summed E-state index contributed by atoms with van der Waals surface area (Å²) in [5.74, 6) is 1.68. The van der Waals surface area contributed by atoms with Crippen LogP contribution in [0.3, 0.4) is 0 Å². The highest BCUT2D eigenvalue weighted by Crippen LogP contribution is 2.29. The van der Waals surface area contributed by atoms with Crippen molar-refractivity contribution in [1.82, 2.24) is 5.53 Å². The van der Waals surface area contributed by atoms with Gasteiger partial charge in [0.2, 0.25) is 0 Å². The molecule has 0 saturated carbocycles.